The van der Waals surface area contributed by atoms with Crippen molar-refractivity contribution in [3.05, 3.63) is 46.5 Å². The Morgan fingerprint density at radius 2 is 2.16 bits per heavy atom. The fourth-order valence-electron chi connectivity index (χ4n) is 1.81. The Balaban J connectivity index is 2.28. The van der Waals surface area contributed by atoms with Crippen LogP contribution in [-0.2, 0) is 6.54 Å². The highest BCUT2D eigenvalue weighted by molar-refractivity contribution is 6.30. The van der Waals surface area contributed by atoms with Gasteiger partial charge in [-0.25, -0.2) is 9.07 Å². The lowest BCUT2D eigenvalue weighted by molar-refractivity contribution is 0.587. The molecule has 0 fully saturated rings. The predicted octanol–water partition coefficient (Wildman–Crippen LogP) is 3.47. The SMILES string of the molecule is Cc1c(CNC(C)C)cnn1-c1ccc(Cl)c(F)c1. The Morgan fingerprint density at radius 1 is 1.42 bits per heavy atom. The minimum atomic E-state index is -0.434. The highest BCUT2D eigenvalue weighted by Gasteiger charge is 2.10. The van der Waals surface area contributed by atoms with Crippen molar-refractivity contribution in [2.75, 3.05) is 0 Å². The van der Waals surface area contributed by atoms with Gasteiger partial charge in [0, 0.05) is 29.9 Å². The Hall–Kier alpha value is -1.39. The van der Waals surface area contributed by atoms with Crippen molar-refractivity contribution >= 4 is 11.6 Å². The van der Waals surface area contributed by atoms with Crippen LogP contribution >= 0.6 is 11.6 Å². The first kappa shape index (κ1) is 14.0. The lowest BCUT2D eigenvalue weighted by Gasteiger charge is -2.09. The van der Waals surface area contributed by atoms with Crippen LogP contribution in [0, 0.1) is 12.7 Å². The van der Waals surface area contributed by atoms with Gasteiger partial charge in [-0.15, -0.1) is 0 Å². The maximum Gasteiger partial charge on any atom is 0.143 e. The van der Waals surface area contributed by atoms with Crippen LogP contribution in [0.2, 0.25) is 5.02 Å². The predicted molar refractivity (Wildman–Crippen MR) is 75.2 cm³/mol. The summed E-state index contributed by atoms with van der Waals surface area (Å²) in [5, 5.41) is 7.76. The van der Waals surface area contributed by atoms with E-state index in [1.807, 2.05) is 6.92 Å². The normalized spacial score (nSPS) is 11.3. The summed E-state index contributed by atoms with van der Waals surface area (Å²) in [6, 6.07) is 5.10. The number of halogens is 2. The molecular weight excluding hydrogens is 265 g/mol. The third-order valence-electron chi connectivity index (χ3n) is 2.96. The average Bonchev–Trinajstić information content (AvgIpc) is 2.72. The molecule has 2 aromatic rings. The van der Waals surface area contributed by atoms with E-state index in [2.05, 4.69) is 24.3 Å². The zero-order valence-electron chi connectivity index (χ0n) is 11.2. The van der Waals surface area contributed by atoms with Gasteiger partial charge in [0.15, 0.2) is 0 Å². The first-order chi connectivity index (χ1) is 8.99. The van der Waals surface area contributed by atoms with E-state index < -0.39 is 5.82 Å². The van der Waals surface area contributed by atoms with Gasteiger partial charge in [0.05, 0.1) is 16.9 Å². The molecule has 2 rings (SSSR count). The minimum Gasteiger partial charge on any atom is -0.310 e. The highest BCUT2D eigenvalue weighted by atomic mass is 35.5. The molecule has 5 heteroatoms. The van der Waals surface area contributed by atoms with E-state index in [0.717, 1.165) is 17.8 Å². The van der Waals surface area contributed by atoms with E-state index in [1.54, 1.807) is 23.0 Å². The van der Waals surface area contributed by atoms with Crippen LogP contribution in [0.1, 0.15) is 25.1 Å². The first-order valence-electron chi connectivity index (χ1n) is 6.21. The smallest absolute Gasteiger partial charge is 0.143 e. The number of benzene rings is 1. The summed E-state index contributed by atoms with van der Waals surface area (Å²) in [7, 11) is 0. The largest absolute Gasteiger partial charge is 0.310 e. The van der Waals surface area contributed by atoms with Gasteiger partial charge in [0.1, 0.15) is 5.82 Å². The number of hydrogen-bond acceptors (Lipinski definition) is 2. The van der Waals surface area contributed by atoms with E-state index in [0.29, 0.717) is 11.7 Å². The third kappa shape index (κ3) is 3.14. The van der Waals surface area contributed by atoms with Gasteiger partial charge in [0.2, 0.25) is 0 Å². The molecule has 1 aromatic heterocycles. The number of nitrogens with zero attached hydrogens (tertiary/aromatic N) is 2. The van der Waals surface area contributed by atoms with Gasteiger partial charge in [-0.2, -0.15) is 5.10 Å². The molecule has 0 saturated heterocycles. The maximum absolute atomic E-state index is 13.5. The summed E-state index contributed by atoms with van der Waals surface area (Å²) in [6.07, 6.45) is 1.80. The van der Waals surface area contributed by atoms with Gasteiger partial charge in [-0.1, -0.05) is 25.4 Å². The van der Waals surface area contributed by atoms with Crippen molar-refractivity contribution < 1.29 is 4.39 Å². The van der Waals surface area contributed by atoms with E-state index in [4.69, 9.17) is 11.6 Å². The van der Waals surface area contributed by atoms with Crippen LogP contribution < -0.4 is 5.32 Å². The summed E-state index contributed by atoms with van der Waals surface area (Å²) < 4.78 is 15.2. The maximum atomic E-state index is 13.5. The molecule has 0 saturated carbocycles. The van der Waals surface area contributed by atoms with Gasteiger partial charge >= 0.3 is 0 Å². The van der Waals surface area contributed by atoms with Crippen molar-refractivity contribution in [1.82, 2.24) is 15.1 Å². The molecule has 3 nitrogen and oxygen atoms in total. The van der Waals surface area contributed by atoms with Crippen molar-refractivity contribution in [3.63, 3.8) is 0 Å². The molecule has 0 spiro atoms. The molecule has 0 atom stereocenters. The number of nitrogens with one attached hydrogen (secondary N) is 1. The fraction of sp³-hybridized carbons (Fsp3) is 0.357. The number of hydrogen-bond donors (Lipinski definition) is 1. The second kappa shape index (κ2) is 5.72. The molecule has 0 bridgehead atoms. The van der Waals surface area contributed by atoms with Crippen molar-refractivity contribution in [2.45, 2.75) is 33.4 Å². The summed E-state index contributed by atoms with van der Waals surface area (Å²) in [6.45, 7) is 6.90. The highest BCUT2D eigenvalue weighted by Crippen LogP contribution is 2.20. The van der Waals surface area contributed by atoms with Crippen molar-refractivity contribution in [3.8, 4) is 5.69 Å². The van der Waals surface area contributed by atoms with E-state index in [1.165, 1.54) is 6.07 Å². The molecule has 1 aromatic carbocycles. The van der Waals surface area contributed by atoms with Crippen LogP contribution in [-0.4, -0.2) is 15.8 Å². The van der Waals surface area contributed by atoms with Crippen molar-refractivity contribution in [2.24, 2.45) is 0 Å². The molecule has 0 aliphatic rings. The standard InChI is InChI=1S/C14H17ClFN3/c1-9(2)17-7-11-8-18-19(10(11)3)12-4-5-13(15)14(16)6-12/h4-6,8-9,17H,7H2,1-3H3. The van der Waals surface area contributed by atoms with E-state index in [-0.39, 0.29) is 5.02 Å². The average molecular weight is 282 g/mol. The lowest BCUT2D eigenvalue weighted by atomic mass is 10.2. The molecule has 0 aliphatic carbocycles. The minimum absolute atomic E-state index is 0.121. The fourth-order valence-corrected chi connectivity index (χ4v) is 1.93. The molecule has 0 aliphatic heterocycles. The monoisotopic (exact) mass is 281 g/mol. The molecule has 1 heterocycles. The van der Waals surface area contributed by atoms with Crippen LogP contribution in [0.15, 0.2) is 24.4 Å². The topological polar surface area (TPSA) is 29.9 Å². The second-order valence-corrected chi connectivity index (χ2v) is 5.21. The Kier molecular flexibility index (Phi) is 4.22. The van der Waals surface area contributed by atoms with Gasteiger partial charge in [0.25, 0.3) is 0 Å². The zero-order chi connectivity index (χ0) is 14.0. The van der Waals surface area contributed by atoms with Gasteiger partial charge < -0.3 is 5.32 Å². The van der Waals surface area contributed by atoms with E-state index in [9.17, 15) is 4.39 Å². The quantitative estimate of drug-likeness (QED) is 0.930. The first-order valence-corrected chi connectivity index (χ1v) is 6.59. The number of rotatable bonds is 4. The van der Waals surface area contributed by atoms with Crippen LogP contribution in [0.5, 0.6) is 0 Å². The summed E-state index contributed by atoms with van der Waals surface area (Å²) in [4.78, 5) is 0. The Bertz CT molecular complexity index is 578. The third-order valence-corrected chi connectivity index (χ3v) is 3.27. The van der Waals surface area contributed by atoms with Gasteiger partial charge in [-0.3, -0.25) is 0 Å². The number of aromatic nitrogens is 2. The Labute approximate surface area is 117 Å². The Morgan fingerprint density at radius 3 is 2.79 bits per heavy atom. The van der Waals surface area contributed by atoms with Crippen LogP contribution in [0.3, 0.4) is 0 Å². The molecule has 0 radical (unpaired) electrons. The zero-order valence-corrected chi connectivity index (χ0v) is 12.0. The van der Waals surface area contributed by atoms with Crippen molar-refractivity contribution in [1.29, 1.82) is 0 Å². The second-order valence-electron chi connectivity index (χ2n) is 4.80. The molecule has 1 N–H and O–H groups in total. The molecule has 102 valence electrons. The lowest BCUT2D eigenvalue weighted by Crippen LogP contribution is -2.22. The van der Waals surface area contributed by atoms with Gasteiger partial charge in [-0.05, 0) is 19.1 Å². The summed E-state index contributed by atoms with van der Waals surface area (Å²) in [5.41, 5.74) is 2.77. The van der Waals surface area contributed by atoms with Crippen LogP contribution in [0.25, 0.3) is 5.69 Å². The van der Waals surface area contributed by atoms with E-state index >= 15 is 0 Å². The molecule has 19 heavy (non-hydrogen) atoms. The summed E-state index contributed by atoms with van der Waals surface area (Å²) >= 11 is 5.68. The molecule has 0 amide bonds. The van der Waals surface area contributed by atoms with Crippen LogP contribution in [0.4, 0.5) is 4.39 Å². The summed E-state index contributed by atoms with van der Waals surface area (Å²) in [5.74, 6) is -0.434. The molecular formula is C14H17ClFN3. The molecule has 0 unspecified atom stereocenters.